The third-order valence-corrected chi connectivity index (χ3v) is 3.90. The van der Waals surface area contributed by atoms with Crippen LogP contribution in [0.3, 0.4) is 0 Å². The second-order valence-electron chi connectivity index (χ2n) is 3.82. The Morgan fingerprint density at radius 2 is 2.44 bits per heavy atom. The van der Waals surface area contributed by atoms with Crippen molar-refractivity contribution in [2.45, 2.75) is 26.3 Å². The van der Waals surface area contributed by atoms with Crippen molar-refractivity contribution < 1.29 is 4.79 Å². The molecule has 0 bridgehead atoms. The molecule has 2 rings (SSSR count). The van der Waals surface area contributed by atoms with E-state index >= 15 is 0 Å². The Balaban J connectivity index is 2.13. The van der Waals surface area contributed by atoms with Gasteiger partial charge < -0.3 is 5.32 Å². The van der Waals surface area contributed by atoms with Crippen molar-refractivity contribution in [2.24, 2.45) is 0 Å². The van der Waals surface area contributed by atoms with Crippen molar-refractivity contribution >= 4 is 28.8 Å². The highest BCUT2D eigenvalue weighted by molar-refractivity contribution is 7.09. The smallest absolute Gasteiger partial charge is 0.273 e. The van der Waals surface area contributed by atoms with E-state index in [1.165, 1.54) is 11.3 Å². The van der Waals surface area contributed by atoms with Crippen LogP contribution >= 0.6 is 22.9 Å². The lowest BCUT2D eigenvalue weighted by atomic mass is 10.2. The van der Waals surface area contributed by atoms with Crippen LogP contribution in [0, 0.1) is 6.92 Å². The highest BCUT2D eigenvalue weighted by Crippen LogP contribution is 2.21. The zero-order valence-electron chi connectivity index (χ0n) is 10.0. The largest absolute Gasteiger partial charge is 0.341 e. The topological polar surface area (TPSA) is 70.7 Å². The van der Waals surface area contributed by atoms with Gasteiger partial charge in [-0.1, -0.05) is 18.5 Å². The Morgan fingerprint density at radius 3 is 2.94 bits per heavy atom. The number of carbonyl (C=O) groups excluding carboxylic acids is 1. The number of nitrogens with zero attached hydrogens (tertiary/aromatic N) is 2. The summed E-state index contributed by atoms with van der Waals surface area (Å²) in [6.45, 7) is 3.76. The summed E-state index contributed by atoms with van der Waals surface area (Å²) in [5, 5.41) is 12.6. The molecule has 96 valence electrons. The molecule has 0 saturated carbocycles. The molecule has 2 N–H and O–H groups in total. The SMILES string of the molecule is CC[C@@H](NC(=O)c1n[nH]c(C)c1Cl)c1nccs1. The van der Waals surface area contributed by atoms with Gasteiger partial charge in [0.15, 0.2) is 5.69 Å². The van der Waals surface area contributed by atoms with Crippen LogP contribution in [0.15, 0.2) is 11.6 Å². The molecule has 0 spiro atoms. The number of thiazole rings is 1. The van der Waals surface area contributed by atoms with Gasteiger partial charge in [0.2, 0.25) is 0 Å². The number of rotatable bonds is 4. The molecular formula is C11H13ClN4OS. The number of halogens is 1. The van der Waals surface area contributed by atoms with Crippen molar-refractivity contribution in [1.82, 2.24) is 20.5 Å². The van der Waals surface area contributed by atoms with Gasteiger partial charge in [0.25, 0.3) is 5.91 Å². The Bertz CT molecular complexity index is 537. The molecule has 1 atom stereocenters. The summed E-state index contributed by atoms with van der Waals surface area (Å²) in [6.07, 6.45) is 2.49. The van der Waals surface area contributed by atoms with Gasteiger partial charge in [-0.2, -0.15) is 5.10 Å². The molecule has 0 aliphatic rings. The number of nitrogens with one attached hydrogen (secondary N) is 2. The van der Waals surface area contributed by atoms with Crippen molar-refractivity contribution in [2.75, 3.05) is 0 Å². The van der Waals surface area contributed by atoms with Crippen LogP contribution in [0.4, 0.5) is 0 Å². The van der Waals surface area contributed by atoms with Crippen LogP contribution < -0.4 is 5.32 Å². The van der Waals surface area contributed by atoms with E-state index in [2.05, 4.69) is 20.5 Å². The maximum Gasteiger partial charge on any atom is 0.273 e. The highest BCUT2D eigenvalue weighted by Gasteiger charge is 2.20. The number of hydrogen-bond donors (Lipinski definition) is 2. The van der Waals surface area contributed by atoms with Crippen molar-refractivity contribution in [3.05, 3.63) is 33.0 Å². The van der Waals surface area contributed by atoms with E-state index in [9.17, 15) is 4.79 Å². The minimum absolute atomic E-state index is 0.106. The second-order valence-corrected chi connectivity index (χ2v) is 5.12. The molecule has 0 aliphatic carbocycles. The molecule has 18 heavy (non-hydrogen) atoms. The predicted molar refractivity (Wildman–Crippen MR) is 70.9 cm³/mol. The highest BCUT2D eigenvalue weighted by atomic mass is 35.5. The van der Waals surface area contributed by atoms with Crippen LogP contribution in [0.1, 0.15) is 40.6 Å². The molecule has 0 aliphatic heterocycles. The first-order valence-electron chi connectivity index (χ1n) is 5.54. The van der Waals surface area contributed by atoms with Crippen LogP contribution in [0.25, 0.3) is 0 Å². The first kappa shape index (κ1) is 13.0. The van der Waals surface area contributed by atoms with Gasteiger partial charge in [-0.25, -0.2) is 4.98 Å². The first-order chi connectivity index (χ1) is 8.63. The van der Waals surface area contributed by atoms with Crippen molar-refractivity contribution in [1.29, 1.82) is 0 Å². The van der Waals surface area contributed by atoms with Crippen molar-refractivity contribution in [3.63, 3.8) is 0 Å². The molecular weight excluding hydrogens is 272 g/mol. The van der Waals surface area contributed by atoms with Gasteiger partial charge in [0.05, 0.1) is 16.8 Å². The standard InChI is InChI=1S/C11H13ClN4OS/c1-3-7(11-13-4-5-18-11)14-10(17)9-8(12)6(2)15-16-9/h4-5,7H,3H2,1-2H3,(H,14,17)(H,15,16)/t7-/m1/s1. The molecule has 0 radical (unpaired) electrons. The Morgan fingerprint density at radius 1 is 1.67 bits per heavy atom. The average Bonchev–Trinajstić information content (AvgIpc) is 2.98. The molecule has 7 heteroatoms. The van der Waals surface area contributed by atoms with E-state index < -0.39 is 0 Å². The van der Waals surface area contributed by atoms with Gasteiger partial charge in [-0.15, -0.1) is 11.3 Å². The summed E-state index contributed by atoms with van der Waals surface area (Å²) in [5.41, 5.74) is 0.910. The summed E-state index contributed by atoms with van der Waals surface area (Å²) < 4.78 is 0. The van der Waals surface area contributed by atoms with Crippen LogP contribution in [-0.2, 0) is 0 Å². The summed E-state index contributed by atoms with van der Waals surface area (Å²) in [6, 6.07) is -0.106. The Hall–Kier alpha value is -1.40. The Labute approximate surface area is 114 Å². The second kappa shape index (κ2) is 5.49. The summed E-state index contributed by atoms with van der Waals surface area (Å²) >= 11 is 7.50. The fourth-order valence-electron chi connectivity index (χ4n) is 1.54. The van der Waals surface area contributed by atoms with Crippen LogP contribution in [0.2, 0.25) is 5.02 Å². The number of aryl methyl sites for hydroxylation is 1. The van der Waals surface area contributed by atoms with Crippen LogP contribution in [0.5, 0.6) is 0 Å². The lowest BCUT2D eigenvalue weighted by molar-refractivity contribution is 0.0930. The maximum atomic E-state index is 12.0. The Kier molecular flexibility index (Phi) is 3.98. The summed E-state index contributed by atoms with van der Waals surface area (Å²) in [7, 11) is 0. The van der Waals surface area contributed by atoms with E-state index in [1.54, 1.807) is 13.1 Å². The number of aromatic amines is 1. The normalized spacial score (nSPS) is 12.4. The van der Waals surface area contributed by atoms with E-state index in [4.69, 9.17) is 11.6 Å². The fourth-order valence-corrected chi connectivity index (χ4v) is 2.48. The molecule has 0 saturated heterocycles. The van der Waals surface area contributed by atoms with E-state index in [-0.39, 0.29) is 17.6 Å². The molecule has 0 unspecified atom stereocenters. The van der Waals surface area contributed by atoms with Gasteiger partial charge in [-0.3, -0.25) is 9.89 Å². The summed E-state index contributed by atoms with van der Waals surface area (Å²) in [4.78, 5) is 16.2. The maximum absolute atomic E-state index is 12.0. The fraction of sp³-hybridized carbons (Fsp3) is 0.364. The molecule has 1 amide bonds. The lowest BCUT2D eigenvalue weighted by Crippen LogP contribution is -2.28. The number of H-pyrrole nitrogens is 1. The molecule has 0 fully saturated rings. The molecule has 2 heterocycles. The van der Waals surface area contributed by atoms with E-state index in [1.807, 2.05) is 12.3 Å². The predicted octanol–water partition coefficient (Wildman–Crippen LogP) is 2.71. The van der Waals surface area contributed by atoms with Crippen LogP contribution in [-0.4, -0.2) is 21.1 Å². The first-order valence-corrected chi connectivity index (χ1v) is 6.80. The zero-order chi connectivity index (χ0) is 13.1. The third kappa shape index (κ3) is 2.54. The van der Waals surface area contributed by atoms with Crippen molar-refractivity contribution in [3.8, 4) is 0 Å². The average molecular weight is 285 g/mol. The van der Waals surface area contributed by atoms with E-state index in [0.717, 1.165) is 11.4 Å². The van der Waals surface area contributed by atoms with Gasteiger partial charge >= 0.3 is 0 Å². The number of aromatic nitrogens is 3. The lowest BCUT2D eigenvalue weighted by Gasteiger charge is -2.13. The quantitative estimate of drug-likeness (QED) is 0.907. The molecule has 0 aromatic carbocycles. The molecule has 2 aromatic rings. The third-order valence-electron chi connectivity index (χ3n) is 2.55. The molecule has 5 nitrogen and oxygen atoms in total. The van der Waals surface area contributed by atoms with Gasteiger partial charge in [-0.05, 0) is 13.3 Å². The van der Waals surface area contributed by atoms with Gasteiger partial charge in [0, 0.05) is 11.6 Å². The minimum atomic E-state index is -0.286. The zero-order valence-corrected chi connectivity index (χ0v) is 11.6. The number of carbonyl (C=O) groups is 1. The monoisotopic (exact) mass is 284 g/mol. The van der Waals surface area contributed by atoms with E-state index in [0.29, 0.717) is 10.7 Å². The number of hydrogen-bond acceptors (Lipinski definition) is 4. The number of amides is 1. The minimum Gasteiger partial charge on any atom is -0.341 e. The molecule has 2 aromatic heterocycles. The summed E-state index contributed by atoms with van der Waals surface area (Å²) in [5.74, 6) is -0.286. The van der Waals surface area contributed by atoms with Gasteiger partial charge in [0.1, 0.15) is 5.01 Å².